The van der Waals surface area contributed by atoms with Gasteiger partial charge >= 0.3 is 0 Å². The molecule has 0 radical (unpaired) electrons. The van der Waals surface area contributed by atoms with Gasteiger partial charge in [0.2, 0.25) is 0 Å². The fourth-order valence-corrected chi connectivity index (χ4v) is 1.84. The Hall–Kier alpha value is -1.12. The molecule has 3 nitrogen and oxygen atoms in total. The van der Waals surface area contributed by atoms with Crippen molar-refractivity contribution in [3.63, 3.8) is 0 Å². The molecule has 0 amide bonds. The van der Waals surface area contributed by atoms with Gasteiger partial charge in [-0.05, 0) is 48.9 Å². The minimum atomic E-state index is 0.417. The van der Waals surface area contributed by atoms with E-state index in [0.717, 1.165) is 17.9 Å². The molecule has 1 aliphatic carbocycles. The highest BCUT2D eigenvalue weighted by atomic mass is 14.8. The SMILES string of the molecule is CCC(C(/C=C\N)=C(N)N)C1CC1. The first-order chi connectivity index (χ1) is 6.20. The molecule has 1 saturated carbocycles. The molecule has 0 heterocycles. The Morgan fingerprint density at radius 1 is 1.46 bits per heavy atom. The Morgan fingerprint density at radius 3 is 2.38 bits per heavy atom. The van der Waals surface area contributed by atoms with Crippen LogP contribution in [0.5, 0.6) is 0 Å². The third kappa shape index (κ3) is 2.41. The topological polar surface area (TPSA) is 78.1 Å². The quantitative estimate of drug-likeness (QED) is 0.567. The Bertz CT molecular complexity index is 222. The lowest BCUT2D eigenvalue weighted by Crippen LogP contribution is -2.17. The van der Waals surface area contributed by atoms with Crippen LogP contribution in [0.15, 0.2) is 23.7 Å². The molecule has 1 fully saturated rings. The van der Waals surface area contributed by atoms with Gasteiger partial charge in [-0.1, -0.05) is 6.92 Å². The molecule has 13 heavy (non-hydrogen) atoms. The van der Waals surface area contributed by atoms with Crippen molar-refractivity contribution in [1.82, 2.24) is 0 Å². The van der Waals surface area contributed by atoms with Crippen LogP contribution in [-0.2, 0) is 0 Å². The van der Waals surface area contributed by atoms with E-state index in [2.05, 4.69) is 6.92 Å². The summed E-state index contributed by atoms with van der Waals surface area (Å²) in [7, 11) is 0. The summed E-state index contributed by atoms with van der Waals surface area (Å²) >= 11 is 0. The van der Waals surface area contributed by atoms with Crippen molar-refractivity contribution in [2.75, 3.05) is 0 Å². The predicted octanol–water partition coefficient (Wildman–Crippen LogP) is 1.02. The van der Waals surface area contributed by atoms with Crippen LogP contribution in [0.3, 0.4) is 0 Å². The predicted molar refractivity (Wildman–Crippen MR) is 55.2 cm³/mol. The first kappa shape index (κ1) is 9.96. The summed E-state index contributed by atoms with van der Waals surface area (Å²) in [5.74, 6) is 1.70. The average molecular weight is 181 g/mol. The third-order valence-electron chi connectivity index (χ3n) is 2.64. The molecule has 3 heteroatoms. The zero-order valence-corrected chi connectivity index (χ0v) is 8.16. The molecule has 0 bridgehead atoms. The van der Waals surface area contributed by atoms with Gasteiger partial charge in [0.25, 0.3) is 0 Å². The molecule has 1 rings (SSSR count). The lowest BCUT2D eigenvalue weighted by atomic mass is 9.91. The summed E-state index contributed by atoms with van der Waals surface area (Å²) in [6.45, 7) is 2.16. The second-order valence-electron chi connectivity index (χ2n) is 3.62. The smallest absolute Gasteiger partial charge is 0.0970 e. The zero-order valence-electron chi connectivity index (χ0n) is 8.16. The fraction of sp³-hybridized carbons (Fsp3) is 0.600. The lowest BCUT2D eigenvalue weighted by Gasteiger charge is -2.16. The van der Waals surface area contributed by atoms with Crippen molar-refractivity contribution < 1.29 is 0 Å². The van der Waals surface area contributed by atoms with Crippen LogP contribution in [0, 0.1) is 11.8 Å². The van der Waals surface area contributed by atoms with Crippen LogP contribution in [0.4, 0.5) is 0 Å². The molecule has 1 unspecified atom stereocenters. The highest BCUT2D eigenvalue weighted by molar-refractivity contribution is 5.26. The van der Waals surface area contributed by atoms with Gasteiger partial charge < -0.3 is 17.2 Å². The van der Waals surface area contributed by atoms with E-state index in [1.54, 1.807) is 0 Å². The minimum absolute atomic E-state index is 0.417. The zero-order chi connectivity index (χ0) is 9.84. The third-order valence-corrected chi connectivity index (χ3v) is 2.64. The molecule has 0 aromatic carbocycles. The normalized spacial score (nSPS) is 18.8. The number of hydrogen-bond donors (Lipinski definition) is 3. The number of hydrogen-bond acceptors (Lipinski definition) is 3. The standard InChI is InChI=1S/C10H19N3/c1-2-8(7-3-4-7)9(5-6-11)10(12)13/h5-8H,2-4,11-13H2,1H3/b6-5-. The molecule has 6 N–H and O–H groups in total. The van der Waals surface area contributed by atoms with Gasteiger partial charge in [-0.25, -0.2) is 0 Å². The van der Waals surface area contributed by atoms with Gasteiger partial charge in [0.15, 0.2) is 0 Å². The van der Waals surface area contributed by atoms with Gasteiger partial charge in [0.05, 0.1) is 5.82 Å². The van der Waals surface area contributed by atoms with Gasteiger partial charge in [0.1, 0.15) is 0 Å². The van der Waals surface area contributed by atoms with Crippen LogP contribution in [0.1, 0.15) is 26.2 Å². The molecule has 0 saturated heterocycles. The van der Waals surface area contributed by atoms with E-state index in [1.165, 1.54) is 19.0 Å². The summed E-state index contributed by atoms with van der Waals surface area (Å²) < 4.78 is 0. The molecule has 0 aromatic heterocycles. The Labute approximate surface area is 79.7 Å². The van der Waals surface area contributed by atoms with Crippen molar-refractivity contribution in [3.05, 3.63) is 23.7 Å². The molecule has 0 aliphatic heterocycles. The molecule has 74 valence electrons. The Kier molecular flexibility index (Phi) is 3.23. The second kappa shape index (κ2) is 4.21. The molecule has 1 aliphatic rings. The van der Waals surface area contributed by atoms with E-state index >= 15 is 0 Å². The maximum atomic E-state index is 5.62. The van der Waals surface area contributed by atoms with Crippen LogP contribution in [0.2, 0.25) is 0 Å². The fourth-order valence-electron chi connectivity index (χ4n) is 1.84. The molecular formula is C10H19N3. The van der Waals surface area contributed by atoms with Crippen LogP contribution in [0.25, 0.3) is 0 Å². The van der Waals surface area contributed by atoms with E-state index in [-0.39, 0.29) is 0 Å². The highest BCUT2D eigenvalue weighted by Crippen LogP contribution is 2.42. The summed E-state index contributed by atoms with van der Waals surface area (Å²) in [5, 5.41) is 0. The molecule has 0 spiro atoms. The van der Waals surface area contributed by atoms with Crippen molar-refractivity contribution in [2.45, 2.75) is 26.2 Å². The first-order valence-electron chi connectivity index (χ1n) is 4.84. The maximum Gasteiger partial charge on any atom is 0.0970 e. The molecule has 0 aromatic rings. The van der Waals surface area contributed by atoms with Crippen molar-refractivity contribution in [2.24, 2.45) is 29.0 Å². The summed E-state index contributed by atoms with van der Waals surface area (Å²) in [6.07, 6.45) is 7.03. The van der Waals surface area contributed by atoms with Gasteiger partial charge in [-0.15, -0.1) is 0 Å². The number of allylic oxidation sites excluding steroid dienone is 2. The summed E-state index contributed by atoms with van der Waals surface area (Å²) in [4.78, 5) is 0. The number of rotatable bonds is 4. The van der Waals surface area contributed by atoms with Crippen molar-refractivity contribution in [1.29, 1.82) is 0 Å². The van der Waals surface area contributed by atoms with Crippen molar-refractivity contribution >= 4 is 0 Å². The van der Waals surface area contributed by atoms with Crippen LogP contribution < -0.4 is 17.2 Å². The monoisotopic (exact) mass is 181 g/mol. The largest absolute Gasteiger partial charge is 0.405 e. The Balaban J connectivity index is 2.78. The van der Waals surface area contributed by atoms with Gasteiger partial charge in [-0.3, -0.25) is 0 Å². The molecular weight excluding hydrogens is 162 g/mol. The first-order valence-corrected chi connectivity index (χ1v) is 4.84. The Morgan fingerprint density at radius 2 is 2.08 bits per heavy atom. The lowest BCUT2D eigenvalue weighted by molar-refractivity contribution is 0.524. The summed E-state index contributed by atoms with van der Waals surface area (Å²) in [6, 6.07) is 0. The van der Waals surface area contributed by atoms with E-state index in [1.807, 2.05) is 6.08 Å². The van der Waals surface area contributed by atoms with Crippen LogP contribution >= 0.6 is 0 Å². The number of nitrogens with two attached hydrogens (primary N) is 3. The maximum absolute atomic E-state index is 5.62. The van der Waals surface area contributed by atoms with E-state index in [9.17, 15) is 0 Å². The van der Waals surface area contributed by atoms with E-state index in [4.69, 9.17) is 17.2 Å². The van der Waals surface area contributed by atoms with E-state index < -0.39 is 0 Å². The summed E-state index contributed by atoms with van der Waals surface area (Å²) in [5.41, 5.74) is 17.6. The van der Waals surface area contributed by atoms with Gasteiger partial charge in [0, 0.05) is 0 Å². The highest BCUT2D eigenvalue weighted by Gasteiger charge is 2.32. The average Bonchev–Trinajstić information content (AvgIpc) is 2.88. The van der Waals surface area contributed by atoms with E-state index in [0.29, 0.717) is 11.7 Å². The van der Waals surface area contributed by atoms with Crippen molar-refractivity contribution in [3.8, 4) is 0 Å². The van der Waals surface area contributed by atoms with Gasteiger partial charge in [-0.2, -0.15) is 0 Å². The minimum Gasteiger partial charge on any atom is -0.405 e. The molecule has 1 atom stereocenters. The second-order valence-corrected chi connectivity index (χ2v) is 3.62. The van der Waals surface area contributed by atoms with Crippen LogP contribution in [-0.4, -0.2) is 0 Å².